The zero-order valence-corrected chi connectivity index (χ0v) is 22.7. The van der Waals surface area contributed by atoms with Crippen LogP contribution in [0.3, 0.4) is 0 Å². The van der Waals surface area contributed by atoms with E-state index in [0.29, 0.717) is 36.6 Å². The normalized spacial score (nSPS) is 19.5. The van der Waals surface area contributed by atoms with Crippen molar-refractivity contribution in [2.45, 2.75) is 50.5 Å². The summed E-state index contributed by atoms with van der Waals surface area (Å²) in [6.45, 7) is 5.82. The first kappa shape index (κ1) is 27.4. The lowest BCUT2D eigenvalue weighted by molar-refractivity contribution is -0.137. The molecule has 1 fully saturated rings. The lowest BCUT2D eigenvalue weighted by Crippen LogP contribution is -2.46. The van der Waals surface area contributed by atoms with Gasteiger partial charge in [0.15, 0.2) is 0 Å². The molecule has 1 saturated heterocycles. The summed E-state index contributed by atoms with van der Waals surface area (Å²) in [4.78, 5) is 20.0. The molecule has 1 aliphatic heterocycles. The van der Waals surface area contributed by atoms with Crippen LogP contribution < -0.4 is 10.5 Å². The van der Waals surface area contributed by atoms with Gasteiger partial charge in [-0.15, -0.1) is 0 Å². The Hall–Kier alpha value is -3.67. The summed E-state index contributed by atoms with van der Waals surface area (Å²) in [5, 5.41) is 9.79. The Balaban J connectivity index is 1.69. The van der Waals surface area contributed by atoms with Crippen LogP contribution in [0.15, 0.2) is 55.0 Å². The van der Waals surface area contributed by atoms with E-state index in [-0.39, 0.29) is 5.91 Å². The van der Waals surface area contributed by atoms with Crippen molar-refractivity contribution in [3.05, 3.63) is 77.4 Å². The zero-order chi connectivity index (χ0) is 27.3. The maximum absolute atomic E-state index is 13.8. The number of nitrogens with two attached hydrogens (primary N) is 1. The number of likely N-dealkylation sites (tertiary alicyclic amines) is 1. The van der Waals surface area contributed by atoms with E-state index in [4.69, 9.17) is 15.2 Å². The maximum atomic E-state index is 13.8. The predicted octanol–water partition coefficient (Wildman–Crippen LogP) is 4.61. The Kier molecular flexibility index (Phi) is 8.20. The first-order valence-electron chi connectivity index (χ1n) is 13.1. The monoisotopic (exact) mass is 515 g/mol. The van der Waals surface area contributed by atoms with E-state index in [2.05, 4.69) is 18.0 Å². The zero-order valence-electron chi connectivity index (χ0n) is 22.7. The molecule has 1 aromatic heterocycles. The van der Waals surface area contributed by atoms with E-state index in [1.54, 1.807) is 25.7 Å². The van der Waals surface area contributed by atoms with Crippen LogP contribution in [0, 0.1) is 11.3 Å². The molecule has 2 unspecified atom stereocenters. The molecule has 8 nitrogen and oxygen atoms in total. The van der Waals surface area contributed by atoms with Crippen molar-refractivity contribution in [3.63, 3.8) is 0 Å². The molecular formula is C30H37N5O3. The summed E-state index contributed by atoms with van der Waals surface area (Å²) in [5.74, 6) is 1.13. The number of carbonyl (C=O) groups is 1. The van der Waals surface area contributed by atoms with Gasteiger partial charge in [-0.2, -0.15) is 5.26 Å². The van der Waals surface area contributed by atoms with Gasteiger partial charge in [-0.05, 0) is 61.6 Å². The molecule has 0 radical (unpaired) electrons. The molecule has 4 rings (SSSR count). The number of aromatic nitrogens is 2. The molecule has 0 aliphatic carbocycles. The minimum atomic E-state index is -0.843. The lowest BCUT2D eigenvalue weighted by atomic mass is 9.73. The second kappa shape index (κ2) is 11.4. The largest absolute Gasteiger partial charge is 0.456 e. The standard InChI is InChI=1S/C30H37N5O3/c1-5-30(13-6-7-14-35(28(30)36)15-16-37-4)24-9-8-10-25(17-24)38-26-18-23(12-11-22(26)19-31)29(2,32)27-20-33-21-34(27)3/h8-12,17-18,20-21H,5-7,13-16,32H2,1-4H3. The molecule has 200 valence electrons. The Morgan fingerprint density at radius 2 is 2.05 bits per heavy atom. The van der Waals surface area contributed by atoms with Gasteiger partial charge in [-0.1, -0.05) is 31.5 Å². The van der Waals surface area contributed by atoms with Crippen molar-refractivity contribution in [2.24, 2.45) is 12.8 Å². The number of aryl methyl sites for hydroxylation is 1. The summed E-state index contributed by atoms with van der Waals surface area (Å²) in [6.07, 6.45) is 6.87. The number of rotatable bonds is 9. The number of nitriles is 1. The molecule has 38 heavy (non-hydrogen) atoms. The Bertz CT molecular complexity index is 1330. The minimum absolute atomic E-state index is 0.140. The highest BCUT2D eigenvalue weighted by atomic mass is 16.5. The second-order valence-electron chi connectivity index (χ2n) is 10.2. The number of imidazole rings is 1. The second-order valence-corrected chi connectivity index (χ2v) is 10.2. The maximum Gasteiger partial charge on any atom is 0.233 e. The van der Waals surface area contributed by atoms with Gasteiger partial charge in [0.1, 0.15) is 17.6 Å². The SMILES string of the molecule is CCC1(c2cccc(Oc3cc(C(C)(N)c4cncn4C)ccc3C#N)c2)CCCCN(CCOC)C1=O. The molecule has 2 heterocycles. The Labute approximate surface area is 225 Å². The fourth-order valence-corrected chi connectivity index (χ4v) is 5.47. The molecule has 0 saturated carbocycles. The highest BCUT2D eigenvalue weighted by Gasteiger charge is 2.42. The molecule has 0 bridgehead atoms. The van der Waals surface area contributed by atoms with Gasteiger partial charge in [-0.3, -0.25) is 4.79 Å². The predicted molar refractivity (Wildman–Crippen MR) is 146 cm³/mol. The molecule has 0 spiro atoms. The van der Waals surface area contributed by atoms with Crippen molar-refractivity contribution < 1.29 is 14.3 Å². The van der Waals surface area contributed by atoms with E-state index in [0.717, 1.165) is 42.6 Å². The van der Waals surface area contributed by atoms with E-state index in [1.165, 1.54) is 0 Å². The molecule has 2 N–H and O–H groups in total. The molecular weight excluding hydrogens is 478 g/mol. The Morgan fingerprint density at radius 1 is 1.24 bits per heavy atom. The lowest BCUT2D eigenvalue weighted by Gasteiger charge is -2.35. The number of amides is 1. The fourth-order valence-electron chi connectivity index (χ4n) is 5.47. The topological polar surface area (TPSA) is 106 Å². The van der Waals surface area contributed by atoms with Crippen LogP contribution in [0.1, 0.15) is 61.9 Å². The van der Waals surface area contributed by atoms with Crippen molar-refractivity contribution in [2.75, 3.05) is 26.8 Å². The van der Waals surface area contributed by atoms with Crippen LogP contribution in [-0.2, 0) is 27.5 Å². The summed E-state index contributed by atoms with van der Waals surface area (Å²) >= 11 is 0. The van der Waals surface area contributed by atoms with Gasteiger partial charge in [-0.25, -0.2) is 4.98 Å². The van der Waals surface area contributed by atoms with Crippen LogP contribution in [0.5, 0.6) is 11.5 Å². The van der Waals surface area contributed by atoms with Crippen molar-refractivity contribution >= 4 is 5.91 Å². The van der Waals surface area contributed by atoms with E-state index >= 15 is 0 Å². The third-order valence-corrected chi connectivity index (χ3v) is 7.81. The molecule has 3 aromatic rings. The van der Waals surface area contributed by atoms with Crippen LogP contribution in [0.4, 0.5) is 0 Å². The van der Waals surface area contributed by atoms with E-state index in [9.17, 15) is 10.1 Å². The summed E-state index contributed by atoms with van der Waals surface area (Å²) in [6, 6.07) is 15.3. The van der Waals surface area contributed by atoms with Gasteiger partial charge >= 0.3 is 0 Å². The van der Waals surface area contributed by atoms with Crippen molar-refractivity contribution in [3.8, 4) is 17.6 Å². The highest BCUT2D eigenvalue weighted by Crippen LogP contribution is 2.40. The Morgan fingerprint density at radius 3 is 2.74 bits per heavy atom. The average Bonchev–Trinajstić information content (AvgIpc) is 3.30. The van der Waals surface area contributed by atoms with Crippen molar-refractivity contribution in [1.29, 1.82) is 5.26 Å². The van der Waals surface area contributed by atoms with Crippen molar-refractivity contribution in [1.82, 2.24) is 14.5 Å². The number of carbonyl (C=O) groups excluding carboxylic acids is 1. The van der Waals surface area contributed by atoms with Crippen LogP contribution in [0.25, 0.3) is 0 Å². The number of hydrogen-bond donors (Lipinski definition) is 1. The van der Waals surface area contributed by atoms with Crippen LogP contribution in [0.2, 0.25) is 0 Å². The first-order valence-corrected chi connectivity index (χ1v) is 13.1. The summed E-state index contributed by atoms with van der Waals surface area (Å²) < 4.78 is 13.5. The van der Waals surface area contributed by atoms with Gasteiger partial charge < -0.3 is 24.7 Å². The number of methoxy groups -OCH3 is 1. The molecule has 8 heteroatoms. The smallest absolute Gasteiger partial charge is 0.233 e. The van der Waals surface area contributed by atoms with Crippen LogP contribution in [-0.4, -0.2) is 47.2 Å². The van der Waals surface area contributed by atoms with E-state index in [1.807, 2.05) is 59.8 Å². The minimum Gasteiger partial charge on any atom is -0.456 e. The van der Waals surface area contributed by atoms with Gasteiger partial charge in [0, 0.05) is 27.2 Å². The molecule has 2 aromatic carbocycles. The molecule has 2 atom stereocenters. The third kappa shape index (κ3) is 5.17. The number of benzene rings is 2. The molecule has 1 amide bonds. The van der Waals surface area contributed by atoms with Gasteiger partial charge in [0.2, 0.25) is 5.91 Å². The fraction of sp³-hybridized carbons (Fsp3) is 0.433. The van der Waals surface area contributed by atoms with Gasteiger partial charge in [0.05, 0.1) is 41.3 Å². The number of ether oxygens (including phenoxy) is 2. The summed E-state index contributed by atoms with van der Waals surface area (Å²) in [7, 11) is 3.55. The first-order chi connectivity index (χ1) is 18.3. The quantitative estimate of drug-likeness (QED) is 0.446. The average molecular weight is 516 g/mol. The highest BCUT2D eigenvalue weighted by molar-refractivity contribution is 5.88. The third-order valence-electron chi connectivity index (χ3n) is 7.81. The number of nitrogens with zero attached hydrogens (tertiary/aromatic N) is 4. The molecule has 1 aliphatic rings. The number of hydrogen-bond acceptors (Lipinski definition) is 6. The van der Waals surface area contributed by atoms with E-state index < -0.39 is 11.0 Å². The van der Waals surface area contributed by atoms with Crippen LogP contribution >= 0.6 is 0 Å². The van der Waals surface area contributed by atoms with Gasteiger partial charge in [0.25, 0.3) is 0 Å². The summed E-state index contributed by atoms with van der Waals surface area (Å²) in [5.41, 5.74) is 8.24.